The number of nitrogens with zero attached hydrogens (tertiary/aromatic N) is 1. The van der Waals surface area contributed by atoms with Crippen molar-refractivity contribution in [3.63, 3.8) is 0 Å². The molecule has 0 aliphatic carbocycles. The van der Waals surface area contributed by atoms with Gasteiger partial charge in [0.25, 0.3) is 0 Å². The van der Waals surface area contributed by atoms with E-state index in [1.54, 1.807) is 18.4 Å². The zero-order chi connectivity index (χ0) is 13.0. The highest BCUT2D eigenvalue weighted by molar-refractivity contribution is 7.09. The number of ether oxygens (including phenoxy) is 1. The molecule has 0 amide bonds. The van der Waals surface area contributed by atoms with Crippen molar-refractivity contribution in [2.45, 2.75) is 25.9 Å². The van der Waals surface area contributed by atoms with Crippen molar-refractivity contribution in [1.29, 1.82) is 0 Å². The standard InChI is InChI=1S/C14H18N2OS/c1-10(12-5-4-6-13(7-12)17-3)16-11(2)14-8-15-9-18-14/h4-11,16H,1-3H3. The van der Waals surface area contributed by atoms with Gasteiger partial charge in [0.15, 0.2) is 0 Å². The first-order valence-electron chi connectivity index (χ1n) is 5.99. The van der Waals surface area contributed by atoms with E-state index in [0.717, 1.165) is 5.75 Å². The summed E-state index contributed by atoms with van der Waals surface area (Å²) in [5.74, 6) is 0.895. The van der Waals surface area contributed by atoms with Gasteiger partial charge in [0.1, 0.15) is 5.75 Å². The second-order valence-corrected chi connectivity index (χ2v) is 5.21. The molecule has 0 saturated heterocycles. The zero-order valence-corrected chi connectivity index (χ0v) is 11.7. The monoisotopic (exact) mass is 262 g/mol. The predicted octanol–water partition coefficient (Wildman–Crippen LogP) is 3.56. The molecular weight excluding hydrogens is 244 g/mol. The van der Waals surface area contributed by atoms with E-state index in [4.69, 9.17) is 4.74 Å². The largest absolute Gasteiger partial charge is 0.497 e. The smallest absolute Gasteiger partial charge is 0.119 e. The second kappa shape index (κ2) is 5.98. The Labute approximate surface area is 112 Å². The summed E-state index contributed by atoms with van der Waals surface area (Å²) in [6, 6.07) is 8.74. The second-order valence-electron chi connectivity index (χ2n) is 4.29. The fourth-order valence-corrected chi connectivity index (χ4v) is 2.54. The van der Waals surface area contributed by atoms with E-state index in [2.05, 4.69) is 36.3 Å². The Morgan fingerprint density at radius 3 is 2.78 bits per heavy atom. The summed E-state index contributed by atoms with van der Waals surface area (Å²) in [5.41, 5.74) is 3.09. The van der Waals surface area contributed by atoms with Crippen LogP contribution in [0.1, 0.15) is 36.4 Å². The van der Waals surface area contributed by atoms with Gasteiger partial charge in [-0.15, -0.1) is 11.3 Å². The first kappa shape index (κ1) is 13.1. The fraction of sp³-hybridized carbons (Fsp3) is 0.357. The number of thiazole rings is 1. The first-order chi connectivity index (χ1) is 8.70. The van der Waals surface area contributed by atoms with Gasteiger partial charge in [-0.2, -0.15) is 0 Å². The van der Waals surface area contributed by atoms with Crippen molar-refractivity contribution in [1.82, 2.24) is 10.3 Å². The van der Waals surface area contributed by atoms with Crippen molar-refractivity contribution >= 4 is 11.3 Å². The van der Waals surface area contributed by atoms with Crippen molar-refractivity contribution in [2.75, 3.05) is 7.11 Å². The van der Waals surface area contributed by atoms with Gasteiger partial charge in [-0.25, -0.2) is 0 Å². The van der Waals surface area contributed by atoms with Gasteiger partial charge in [-0.3, -0.25) is 4.98 Å². The summed E-state index contributed by atoms with van der Waals surface area (Å²) >= 11 is 1.68. The van der Waals surface area contributed by atoms with Crippen molar-refractivity contribution < 1.29 is 4.74 Å². The quantitative estimate of drug-likeness (QED) is 0.894. The van der Waals surface area contributed by atoms with Crippen molar-refractivity contribution in [3.05, 3.63) is 46.4 Å². The third kappa shape index (κ3) is 3.09. The number of hydrogen-bond donors (Lipinski definition) is 1. The topological polar surface area (TPSA) is 34.1 Å². The molecule has 0 fully saturated rings. The maximum absolute atomic E-state index is 5.25. The summed E-state index contributed by atoms with van der Waals surface area (Å²) < 4.78 is 5.25. The molecule has 0 spiro atoms. The Morgan fingerprint density at radius 1 is 1.28 bits per heavy atom. The highest BCUT2D eigenvalue weighted by Gasteiger charge is 2.12. The Balaban J connectivity index is 2.04. The van der Waals surface area contributed by atoms with Crippen LogP contribution in [-0.2, 0) is 0 Å². The van der Waals surface area contributed by atoms with E-state index in [1.807, 2.05) is 23.8 Å². The van der Waals surface area contributed by atoms with Gasteiger partial charge in [-0.1, -0.05) is 12.1 Å². The number of methoxy groups -OCH3 is 1. The number of nitrogens with one attached hydrogen (secondary N) is 1. The van der Waals surface area contributed by atoms with E-state index in [0.29, 0.717) is 6.04 Å². The number of rotatable bonds is 5. The molecule has 18 heavy (non-hydrogen) atoms. The number of aromatic nitrogens is 1. The lowest BCUT2D eigenvalue weighted by molar-refractivity contribution is 0.412. The first-order valence-corrected chi connectivity index (χ1v) is 6.87. The molecule has 3 nitrogen and oxygen atoms in total. The summed E-state index contributed by atoms with van der Waals surface area (Å²) in [6.07, 6.45) is 1.92. The van der Waals surface area contributed by atoms with Crippen LogP contribution < -0.4 is 10.1 Å². The molecule has 0 aliphatic rings. The summed E-state index contributed by atoms with van der Waals surface area (Å²) in [4.78, 5) is 5.36. The van der Waals surface area contributed by atoms with Crippen molar-refractivity contribution in [3.8, 4) is 5.75 Å². The molecule has 0 bridgehead atoms. The minimum Gasteiger partial charge on any atom is -0.497 e. The maximum atomic E-state index is 5.25. The molecule has 1 N–H and O–H groups in total. The third-order valence-corrected chi connectivity index (χ3v) is 3.93. The SMILES string of the molecule is COc1cccc(C(C)NC(C)c2cncs2)c1. The molecule has 1 heterocycles. The van der Waals surface area contributed by atoms with Gasteiger partial charge >= 0.3 is 0 Å². The molecule has 2 unspecified atom stereocenters. The Kier molecular flexibility index (Phi) is 4.33. The van der Waals surface area contributed by atoms with Gasteiger partial charge in [0.2, 0.25) is 0 Å². The lowest BCUT2D eigenvalue weighted by Crippen LogP contribution is -2.21. The molecule has 2 rings (SSSR count). The van der Waals surface area contributed by atoms with Gasteiger partial charge in [-0.05, 0) is 31.5 Å². The van der Waals surface area contributed by atoms with Crippen LogP contribution in [0.15, 0.2) is 36.0 Å². The zero-order valence-electron chi connectivity index (χ0n) is 10.9. The van der Waals surface area contributed by atoms with Crippen LogP contribution in [0.25, 0.3) is 0 Å². The highest BCUT2D eigenvalue weighted by Crippen LogP contribution is 2.23. The molecule has 1 aromatic heterocycles. The van der Waals surface area contributed by atoms with Crippen LogP contribution in [0.5, 0.6) is 5.75 Å². The summed E-state index contributed by atoms with van der Waals surface area (Å²) in [5, 5.41) is 3.56. The molecule has 96 valence electrons. The molecule has 0 aliphatic heterocycles. The van der Waals surface area contributed by atoms with Crippen LogP contribution in [0, 0.1) is 0 Å². The lowest BCUT2D eigenvalue weighted by Gasteiger charge is -2.19. The minimum atomic E-state index is 0.275. The van der Waals surface area contributed by atoms with E-state index < -0.39 is 0 Å². The van der Waals surface area contributed by atoms with E-state index in [9.17, 15) is 0 Å². The molecule has 2 aromatic rings. The Hall–Kier alpha value is -1.39. The average molecular weight is 262 g/mol. The Morgan fingerprint density at radius 2 is 2.11 bits per heavy atom. The van der Waals surface area contributed by atoms with Crippen LogP contribution in [0.4, 0.5) is 0 Å². The van der Waals surface area contributed by atoms with Crippen molar-refractivity contribution in [2.24, 2.45) is 0 Å². The van der Waals surface area contributed by atoms with E-state index in [1.165, 1.54) is 10.4 Å². The average Bonchev–Trinajstić information content (AvgIpc) is 2.92. The minimum absolute atomic E-state index is 0.275. The van der Waals surface area contributed by atoms with Crippen LogP contribution >= 0.6 is 11.3 Å². The Bertz CT molecular complexity index is 484. The molecule has 2 atom stereocenters. The van der Waals surface area contributed by atoms with Crippen LogP contribution in [0.2, 0.25) is 0 Å². The lowest BCUT2D eigenvalue weighted by atomic mass is 10.1. The fourth-order valence-electron chi connectivity index (χ4n) is 1.90. The molecule has 0 saturated carbocycles. The number of hydrogen-bond acceptors (Lipinski definition) is 4. The number of benzene rings is 1. The normalized spacial score (nSPS) is 14.2. The summed E-state index contributed by atoms with van der Waals surface area (Å²) in [7, 11) is 1.69. The molecular formula is C14H18N2OS. The maximum Gasteiger partial charge on any atom is 0.119 e. The van der Waals surface area contributed by atoms with Crippen LogP contribution in [0.3, 0.4) is 0 Å². The van der Waals surface area contributed by atoms with Gasteiger partial charge in [0.05, 0.1) is 12.6 Å². The molecule has 0 radical (unpaired) electrons. The molecule has 1 aromatic carbocycles. The summed E-state index contributed by atoms with van der Waals surface area (Å²) in [6.45, 7) is 4.32. The van der Waals surface area contributed by atoms with E-state index in [-0.39, 0.29) is 6.04 Å². The van der Waals surface area contributed by atoms with Gasteiger partial charge < -0.3 is 10.1 Å². The molecule has 4 heteroatoms. The van der Waals surface area contributed by atoms with E-state index >= 15 is 0 Å². The van der Waals surface area contributed by atoms with Gasteiger partial charge in [0, 0.05) is 23.2 Å². The highest BCUT2D eigenvalue weighted by atomic mass is 32.1. The third-order valence-electron chi connectivity index (χ3n) is 2.97. The predicted molar refractivity (Wildman–Crippen MR) is 75.1 cm³/mol. The van der Waals surface area contributed by atoms with Crippen LogP contribution in [-0.4, -0.2) is 12.1 Å².